The van der Waals surface area contributed by atoms with Crippen LogP contribution in [0.15, 0.2) is 16.9 Å². The molecule has 0 bridgehead atoms. The molecule has 1 atom stereocenters. The van der Waals surface area contributed by atoms with Gasteiger partial charge in [-0.25, -0.2) is 4.98 Å². The molecule has 0 amide bonds. The van der Waals surface area contributed by atoms with Crippen molar-refractivity contribution in [3.63, 3.8) is 0 Å². The highest BCUT2D eigenvalue weighted by Gasteiger charge is 2.23. The van der Waals surface area contributed by atoms with Crippen molar-refractivity contribution >= 4 is 38.3 Å². The largest absolute Gasteiger partial charge is 0.383 e. The van der Waals surface area contributed by atoms with Crippen LogP contribution >= 0.6 is 15.9 Å². The van der Waals surface area contributed by atoms with Crippen LogP contribution in [0.2, 0.25) is 0 Å². The molecular weight excluding hydrogens is 342 g/mol. The third-order valence-corrected chi connectivity index (χ3v) is 4.83. The van der Waals surface area contributed by atoms with E-state index < -0.39 is 0 Å². The molecule has 0 aliphatic carbocycles. The third kappa shape index (κ3) is 3.08. The van der Waals surface area contributed by atoms with Gasteiger partial charge in [0.2, 0.25) is 0 Å². The van der Waals surface area contributed by atoms with Crippen molar-refractivity contribution in [2.45, 2.75) is 38.6 Å². The molecule has 4 N–H and O–H groups in total. The van der Waals surface area contributed by atoms with E-state index in [1.54, 1.807) is 0 Å². The quantitative estimate of drug-likeness (QED) is 0.709. The van der Waals surface area contributed by atoms with E-state index in [0.717, 1.165) is 54.7 Å². The zero-order chi connectivity index (χ0) is 15.5. The van der Waals surface area contributed by atoms with Crippen molar-refractivity contribution < 1.29 is 0 Å². The van der Waals surface area contributed by atoms with E-state index >= 15 is 0 Å². The highest BCUT2D eigenvalue weighted by molar-refractivity contribution is 9.10. The fourth-order valence-electron chi connectivity index (χ4n) is 3.12. The maximum absolute atomic E-state index is 6.17. The Labute approximate surface area is 139 Å². The molecule has 1 fully saturated rings. The molecule has 0 spiro atoms. The van der Waals surface area contributed by atoms with E-state index in [4.69, 9.17) is 5.73 Å². The number of aromatic nitrogens is 2. The summed E-state index contributed by atoms with van der Waals surface area (Å²) in [4.78, 5) is 10.2. The van der Waals surface area contributed by atoms with Gasteiger partial charge in [0.1, 0.15) is 5.65 Å². The summed E-state index contributed by atoms with van der Waals surface area (Å²) in [6.45, 7) is 5.13. The number of piperidine rings is 1. The van der Waals surface area contributed by atoms with Crippen LogP contribution in [0.25, 0.3) is 11.0 Å². The number of unbranched alkanes of at least 4 members (excludes halogenated alkanes) is 1. The number of aromatic amines is 1. The van der Waals surface area contributed by atoms with Crippen LogP contribution in [0.1, 0.15) is 32.6 Å². The molecule has 1 aliphatic heterocycles. The van der Waals surface area contributed by atoms with Gasteiger partial charge in [-0.1, -0.05) is 13.3 Å². The van der Waals surface area contributed by atoms with Gasteiger partial charge in [0, 0.05) is 38.1 Å². The molecule has 1 saturated heterocycles. The normalized spacial score (nSPS) is 18.9. The number of pyridine rings is 1. The van der Waals surface area contributed by atoms with Gasteiger partial charge in [-0.2, -0.15) is 0 Å². The minimum Gasteiger partial charge on any atom is -0.383 e. The molecule has 2 aromatic heterocycles. The molecule has 2 aromatic rings. The Morgan fingerprint density at radius 2 is 2.41 bits per heavy atom. The molecule has 1 aliphatic rings. The predicted octanol–water partition coefficient (Wildman–Crippen LogP) is 3.46. The summed E-state index contributed by atoms with van der Waals surface area (Å²) < 4.78 is 1.03. The number of hydrogen-bond acceptors (Lipinski definition) is 4. The van der Waals surface area contributed by atoms with Gasteiger partial charge in [-0.05, 0) is 35.2 Å². The zero-order valence-corrected chi connectivity index (χ0v) is 14.6. The predicted molar refractivity (Wildman–Crippen MR) is 96.6 cm³/mol. The Morgan fingerprint density at radius 3 is 3.18 bits per heavy atom. The average molecular weight is 366 g/mol. The fourth-order valence-corrected chi connectivity index (χ4v) is 3.67. The molecule has 5 nitrogen and oxygen atoms in total. The number of nitrogens with one attached hydrogen (secondary N) is 2. The van der Waals surface area contributed by atoms with Gasteiger partial charge in [0.15, 0.2) is 0 Å². The first-order valence-corrected chi connectivity index (χ1v) is 8.90. The van der Waals surface area contributed by atoms with Crippen LogP contribution < -0.4 is 16.0 Å². The number of fused-ring (bicyclic) bond motifs is 1. The van der Waals surface area contributed by atoms with Crippen LogP contribution in [0, 0.1) is 0 Å². The Kier molecular flexibility index (Phi) is 4.88. The third-order valence-electron chi connectivity index (χ3n) is 4.25. The Balaban J connectivity index is 1.99. The Morgan fingerprint density at radius 1 is 1.55 bits per heavy atom. The molecule has 0 unspecified atom stereocenters. The van der Waals surface area contributed by atoms with E-state index in [-0.39, 0.29) is 6.04 Å². The zero-order valence-electron chi connectivity index (χ0n) is 13.0. The SMILES string of the molecule is CCCCNc1c[nH]c2ncc(Br)c(N3CCC[C@@H](N)C3)c12. The van der Waals surface area contributed by atoms with Gasteiger partial charge in [-0.3, -0.25) is 0 Å². The first-order chi connectivity index (χ1) is 10.7. The lowest BCUT2D eigenvalue weighted by Gasteiger charge is -2.33. The minimum absolute atomic E-state index is 0.249. The lowest BCUT2D eigenvalue weighted by molar-refractivity contribution is 0.506. The number of nitrogens with two attached hydrogens (primary N) is 1. The molecule has 120 valence electrons. The van der Waals surface area contributed by atoms with Crippen molar-refractivity contribution in [3.8, 4) is 0 Å². The molecular formula is C16H24BrN5. The topological polar surface area (TPSA) is 70.0 Å². The van der Waals surface area contributed by atoms with Crippen molar-refractivity contribution in [1.82, 2.24) is 9.97 Å². The van der Waals surface area contributed by atoms with Crippen LogP contribution in [0.5, 0.6) is 0 Å². The summed E-state index contributed by atoms with van der Waals surface area (Å²) in [5, 5.41) is 4.70. The lowest BCUT2D eigenvalue weighted by Crippen LogP contribution is -2.43. The van der Waals surface area contributed by atoms with Gasteiger partial charge >= 0.3 is 0 Å². The lowest BCUT2D eigenvalue weighted by atomic mass is 10.1. The molecule has 0 saturated carbocycles. The van der Waals surface area contributed by atoms with Crippen molar-refractivity contribution in [1.29, 1.82) is 0 Å². The van der Waals surface area contributed by atoms with Crippen LogP contribution in [0.4, 0.5) is 11.4 Å². The van der Waals surface area contributed by atoms with Crippen LogP contribution in [0.3, 0.4) is 0 Å². The van der Waals surface area contributed by atoms with E-state index in [1.807, 2.05) is 12.4 Å². The maximum Gasteiger partial charge on any atom is 0.141 e. The molecule has 3 rings (SSSR count). The highest BCUT2D eigenvalue weighted by Crippen LogP contribution is 2.38. The monoisotopic (exact) mass is 365 g/mol. The van der Waals surface area contributed by atoms with E-state index in [9.17, 15) is 0 Å². The van der Waals surface area contributed by atoms with Gasteiger partial charge in [0.25, 0.3) is 0 Å². The Hall–Kier alpha value is -1.27. The summed E-state index contributed by atoms with van der Waals surface area (Å²) >= 11 is 3.69. The maximum atomic E-state index is 6.17. The first kappa shape index (κ1) is 15.6. The van der Waals surface area contributed by atoms with Crippen molar-refractivity contribution in [2.24, 2.45) is 5.73 Å². The van der Waals surface area contributed by atoms with Crippen LogP contribution in [-0.4, -0.2) is 35.6 Å². The molecule has 6 heteroatoms. The summed E-state index contributed by atoms with van der Waals surface area (Å²) in [7, 11) is 0. The highest BCUT2D eigenvalue weighted by atomic mass is 79.9. The summed E-state index contributed by atoms with van der Waals surface area (Å²) in [5.74, 6) is 0. The van der Waals surface area contributed by atoms with Crippen LogP contribution in [-0.2, 0) is 0 Å². The van der Waals surface area contributed by atoms with E-state index in [1.165, 1.54) is 17.5 Å². The molecule has 3 heterocycles. The molecule has 0 radical (unpaired) electrons. The number of H-pyrrole nitrogens is 1. The standard InChI is InChI=1S/C16H24BrN5/c1-2-3-6-19-13-9-21-16-14(13)15(12(17)8-20-16)22-7-4-5-11(18)10-22/h8-9,11,19H,2-7,10,18H2,1H3,(H,20,21)/t11-/m1/s1. The smallest absolute Gasteiger partial charge is 0.141 e. The van der Waals surface area contributed by atoms with E-state index in [2.05, 4.69) is 43.0 Å². The second-order valence-corrected chi connectivity index (χ2v) is 6.86. The summed E-state index contributed by atoms with van der Waals surface area (Å²) in [6, 6.07) is 0.249. The number of halogens is 1. The summed E-state index contributed by atoms with van der Waals surface area (Å²) in [5.41, 5.74) is 9.44. The van der Waals surface area contributed by atoms with Gasteiger partial charge < -0.3 is 20.9 Å². The minimum atomic E-state index is 0.249. The number of hydrogen-bond donors (Lipinski definition) is 3. The molecule has 0 aromatic carbocycles. The second kappa shape index (κ2) is 6.87. The van der Waals surface area contributed by atoms with E-state index in [0.29, 0.717) is 0 Å². The van der Waals surface area contributed by atoms with Crippen molar-refractivity contribution in [3.05, 3.63) is 16.9 Å². The number of nitrogens with zero attached hydrogens (tertiary/aromatic N) is 2. The first-order valence-electron chi connectivity index (χ1n) is 8.10. The van der Waals surface area contributed by atoms with Crippen molar-refractivity contribution in [2.75, 3.05) is 29.9 Å². The number of rotatable bonds is 5. The fraction of sp³-hybridized carbons (Fsp3) is 0.562. The Bertz CT molecular complexity index is 639. The second-order valence-electron chi connectivity index (χ2n) is 6.01. The average Bonchev–Trinajstić information content (AvgIpc) is 2.91. The number of anilines is 2. The molecule has 22 heavy (non-hydrogen) atoms. The summed E-state index contributed by atoms with van der Waals surface area (Å²) in [6.07, 6.45) is 8.50. The van der Waals surface area contributed by atoms with Gasteiger partial charge in [-0.15, -0.1) is 0 Å². The van der Waals surface area contributed by atoms with Gasteiger partial charge in [0.05, 0.1) is 21.2 Å².